The Morgan fingerprint density at radius 2 is 1.75 bits per heavy atom. The molecule has 2 heteroatoms. The molecule has 1 aromatic carbocycles. The van der Waals surface area contributed by atoms with E-state index in [-0.39, 0.29) is 0 Å². The summed E-state index contributed by atoms with van der Waals surface area (Å²) in [5.74, 6) is 1.10. The minimum Gasteiger partial charge on any atom is -0.333 e. The van der Waals surface area contributed by atoms with Crippen molar-refractivity contribution in [1.29, 1.82) is 0 Å². The van der Waals surface area contributed by atoms with Crippen molar-refractivity contribution < 1.29 is 0 Å². The molecule has 2 nitrogen and oxygen atoms in total. The molecule has 0 amide bonds. The van der Waals surface area contributed by atoms with Gasteiger partial charge in [0.15, 0.2) is 0 Å². The number of hydrogen-bond donors (Lipinski definition) is 0. The topological polar surface area (TPSA) is 17.8 Å². The third-order valence-corrected chi connectivity index (χ3v) is 3.15. The molecule has 0 saturated carbocycles. The fraction of sp³-hybridized carbons (Fsp3) is 0.500. The average molecular weight is 216 g/mol. The molecule has 0 fully saturated rings. The highest BCUT2D eigenvalue weighted by Crippen LogP contribution is 2.29. The summed E-state index contributed by atoms with van der Waals surface area (Å²) < 4.78 is 2.12. The van der Waals surface area contributed by atoms with Gasteiger partial charge in [0, 0.05) is 7.05 Å². The van der Waals surface area contributed by atoms with Crippen LogP contribution in [0.1, 0.15) is 50.7 Å². The molecule has 0 aliphatic carbocycles. The van der Waals surface area contributed by atoms with Gasteiger partial charge in [0.05, 0.1) is 17.4 Å². The Bertz CT molecular complexity index is 507. The molecule has 2 rings (SSSR count). The van der Waals surface area contributed by atoms with E-state index in [4.69, 9.17) is 0 Å². The number of fused-ring (bicyclic) bond motifs is 1. The third-order valence-electron chi connectivity index (χ3n) is 3.15. The number of aryl methyl sites for hydroxylation is 1. The molecule has 1 aromatic heterocycles. The fourth-order valence-electron chi connectivity index (χ4n) is 2.13. The van der Waals surface area contributed by atoms with Crippen molar-refractivity contribution in [3.8, 4) is 0 Å². The van der Waals surface area contributed by atoms with Crippen LogP contribution in [0.4, 0.5) is 0 Å². The quantitative estimate of drug-likeness (QED) is 0.746. The maximum absolute atomic E-state index is 4.47. The van der Waals surface area contributed by atoms with Crippen LogP contribution in [0.2, 0.25) is 0 Å². The Morgan fingerprint density at radius 3 is 2.31 bits per heavy atom. The molecule has 2 aromatic rings. The molecule has 86 valence electrons. The molecule has 0 aliphatic rings. The zero-order valence-corrected chi connectivity index (χ0v) is 10.8. The van der Waals surface area contributed by atoms with Gasteiger partial charge in [-0.15, -0.1) is 0 Å². The first-order valence-corrected chi connectivity index (χ1v) is 5.95. The molecule has 16 heavy (non-hydrogen) atoms. The second-order valence-electron chi connectivity index (χ2n) is 5.14. The predicted molar refractivity (Wildman–Crippen MR) is 68.9 cm³/mol. The standard InChI is InChI=1S/C14H20N2/c1-9(2)11-6-12(10(3)4)14-13(7-11)15-8-16(14)5/h6-10H,1-5H3. The average Bonchev–Trinajstić information content (AvgIpc) is 2.59. The van der Waals surface area contributed by atoms with E-state index >= 15 is 0 Å². The largest absolute Gasteiger partial charge is 0.333 e. The lowest BCUT2D eigenvalue weighted by Gasteiger charge is -2.13. The van der Waals surface area contributed by atoms with E-state index in [0.29, 0.717) is 11.8 Å². The molecular weight excluding hydrogens is 196 g/mol. The van der Waals surface area contributed by atoms with Crippen LogP contribution in [0.25, 0.3) is 11.0 Å². The molecule has 0 bridgehead atoms. The Hall–Kier alpha value is -1.31. The van der Waals surface area contributed by atoms with Crippen molar-refractivity contribution in [2.24, 2.45) is 7.05 Å². The fourth-order valence-corrected chi connectivity index (χ4v) is 2.13. The van der Waals surface area contributed by atoms with Gasteiger partial charge in [0.25, 0.3) is 0 Å². The Balaban J connectivity index is 2.76. The highest BCUT2D eigenvalue weighted by molar-refractivity contribution is 5.80. The second kappa shape index (κ2) is 3.93. The third kappa shape index (κ3) is 1.73. The van der Waals surface area contributed by atoms with Gasteiger partial charge in [-0.3, -0.25) is 0 Å². The summed E-state index contributed by atoms with van der Waals surface area (Å²) in [6.07, 6.45) is 1.90. The van der Waals surface area contributed by atoms with E-state index < -0.39 is 0 Å². The van der Waals surface area contributed by atoms with E-state index in [2.05, 4.69) is 56.4 Å². The van der Waals surface area contributed by atoms with Crippen LogP contribution in [0.5, 0.6) is 0 Å². The van der Waals surface area contributed by atoms with Crippen LogP contribution in [0.3, 0.4) is 0 Å². The van der Waals surface area contributed by atoms with Crippen LogP contribution in [-0.2, 0) is 7.05 Å². The molecule has 0 saturated heterocycles. The maximum atomic E-state index is 4.47. The van der Waals surface area contributed by atoms with Crippen molar-refractivity contribution in [3.05, 3.63) is 29.6 Å². The molecule has 0 aliphatic heterocycles. The van der Waals surface area contributed by atoms with Crippen molar-refractivity contribution in [3.63, 3.8) is 0 Å². The van der Waals surface area contributed by atoms with Gasteiger partial charge in [0.2, 0.25) is 0 Å². The van der Waals surface area contributed by atoms with E-state index in [0.717, 1.165) is 5.52 Å². The van der Waals surface area contributed by atoms with Crippen LogP contribution < -0.4 is 0 Å². The van der Waals surface area contributed by atoms with Gasteiger partial charge in [-0.25, -0.2) is 4.98 Å². The van der Waals surface area contributed by atoms with Gasteiger partial charge in [-0.2, -0.15) is 0 Å². The highest BCUT2D eigenvalue weighted by Gasteiger charge is 2.12. The van der Waals surface area contributed by atoms with E-state index in [9.17, 15) is 0 Å². The first-order chi connectivity index (χ1) is 7.50. The van der Waals surface area contributed by atoms with Crippen LogP contribution >= 0.6 is 0 Å². The summed E-state index contributed by atoms with van der Waals surface area (Å²) in [6.45, 7) is 8.94. The normalized spacial score (nSPS) is 11.9. The van der Waals surface area contributed by atoms with Gasteiger partial charge in [-0.05, 0) is 29.0 Å². The Morgan fingerprint density at radius 1 is 1.06 bits per heavy atom. The van der Waals surface area contributed by atoms with Gasteiger partial charge >= 0.3 is 0 Å². The highest BCUT2D eigenvalue weighted by atomic mass is 15.0. The lowest BCUT2D eigenvalue weighted by atomic mass is 9.94. The number of hydrogen-bond acceptors (Lipinski definition) is 1. The summed E-state index contributed by atoms with van der Waals surface area (Å²) in [7, 11) is 2.07. The van der Waals surface area contributed by atoms with Crippen LogP contribution in [-0.4, -0.2) is 9.55 Å². The lowest BCUT2D eigenvalue weighted by molar-refractivity contribution is 0.831. The second-order valence-corrected chi connectivity index (χ2v) is 5.14. The van der Waals surface area contributed by atoms with Crippen molar-refractivity contribution >= 4 is 11.0 Å². The Kier molecular flexibility index (Phi) is 2.75. The lowest BCUT2D eigenvalue weighted by Crippen LogP contribution is -1.97. The SMILES string of the molecule is CC(C)c1cc(C(C)C)c2c(c1)ncn2C. The predicted octanol–water partition coefficient (Wildman–Crippen LogP) is 3.82. The van der Waals surface area contributed by atoms with E-state index in [1.54, 1.807) is 0 Å². The number of rotatable bonds is 2. The smallest absolute Gasteiger partial charge is 0.0955 e. The van der Waals surface area contributed by atoms with Crippen molar-refractivity contribution in [2.45, 2.75) is 39.5 Å². The van der Waals surface area contributed by atoms with Gasteiger partial charge in [-0.1, -0.05) is 33.8 Å². The first kappa shape index (κ1) is 11.2. The van der Waals surface area contributed by atoms with E-state index in [1.165, 1.54) is 16.6 Å². The van der Waals surface area contributed by atoms with Crippen molar-refractivity contribution in [1.82, 2.24) is 9.55 Å². The summed E-state index contributed by atoms with van der Waals surface area (Å²) in [5.41, 5.74) is 5.19. The molecule has 0 spiro atoms. The summed E-state index contributed by atoms with van der Waals surface area (Å²) >= 11 is 0. The van der Waals surface area contributed by atoms with Crippen molar-refractivity contribution in [2.75, 3.05) is 0 Å². The summed E-state index contributed by atoms with van der Waals surface area (Å²) in [5, 5.41) is 0. The minimum atomic E-state index is 0.539. The summed E-state index contributed by atoms with van der Waals surface area (Å²) in [6, 6.07) is 4.55. The number of aromatic nitrogens is 2. The molecular formula is C14H20N2. The molecule has 0 unspecified atom stereocenters. The minimum absolute atomic E-state index is 0.539. The number of imidazole rings is 1. The van der Waals surface area contributed by atoms with Crippen LogP contribution in [0.15, 0.2) is 18.5 Å². The maximum Gasteiger partial charge on any atom is 0.0955 e. The number of nitrogens with zero attached hydrogens (tertiary/aromatic N) is 2. The first-order valence-electron chi connectivity index (χ1n) is 5.95. The van der Waals surface area contributed by atoms with Crippen LogP contribution in [0, 0.1) is 0 Å². The number of benzene rings is 1. The summed E-state index contributed by atoms with van der Waals surface area (Å²) in [4.78, 5) is 4.47. The molecule has 0 atom stereocenters. The van der Waals surface area contributed by atoms with Gasteiger partial charge in [0.1, 0.15) is 0 Å². The zero-order valence-electron chi connectivity index (χ0n) is 10.8. The molecule has 0 radical (unpaired) electrons. The zero-order chi connectivity index (χ0) is 11.9. The molecule has 1 heterocycles. The Labute approximate surface area is 97.3 Å². The molecule has 0 N–H and O–H groups in total. The monoisotopic (exact) mass is 216 g/mol. The van der Waals surface area contributed by atoms with Gasteiger partial charge < -0.3 is 4.57 Å². The van der Waals surface area contributed by atoms with E-state index in [1.807, 2.05) is 6.33 Å².